The zero-order valence-electron chi connectivity index (χ0n) is 12.6. The maximum absolute atomic E-state index is 12.4. The van der Waals surface area contributed by atoms with Gasteiger partial charge in [0, 0.05) is 17.5 Å². The Morgan fingerprint density at radius 2 is 1.81 bits per heavy atom. The number of nitrogens with one attached hydrogen (secondary N) is 1. The summed E-state index contributed by atoms with van der Waals surface area (Å²) in [5.41, 5.74) is 0.0111. The molecule has 0 aliphatic rings. The number of benzene rings is 1. The number of carbonyl (C=O) groups excluding carboxylic acids is 1. The van der Waals surface area contributed by atoms with Crippen molar-refractivity contribution in [2.45, 2.75) is 25.1 Å². The molecular weight excluding hydrogens is 369 g/mol. The Morgan fingerprint density at radius 3 is 2.27 bits per heavy atom. The summed E-state index contributed by atoms with van der Waals surface area (Å²) >= 11 is 0. The number of hydrogen-bond donors (Lipinski definition) is 2. The Kier molecular flexibility index (Phi) is 5.53. The predicted molar refractivity (Wildman–Crippen MR) is 74.2 cm³/mol. The number of halogens is 5. The first-order chi connectivity index (χ1) is 12.1. The third kappa shape index (κ3) is 4.74. The molecule has 0 aliphatic heterocycles. The van der Waals surface area contributed by atoms with E-state index in [1.165, 1.54) is 12.1 Å². The van der Waals surface area contributed by atoms with Crippen molar-refractivity contribution < 1.29 is 41.2 Å². The topological polar surface area (TPSA) is 105 Å². The van der Waals surface area contributed by atoms with Gasteiger partial charge in [-0.1, -0.05) is 17.3 Å². The van der Waals surface area contributed by atoms with Gasteiger partial charge in [-0.05, 0) is 12.1 Å². The molecule has 0 spiro atoms. The number of carbonyl (C=O) groups is 2. The molecule has 2 aromatic rings. The van der Waals surface area contributed by atoms with E-state index in [-0.39, 0.29) is 17.0 Å². The molecule has 0 bridgehead atoms. The lowest BCUT2D eigenvalue weighted by molar-refractivity contribution is -0.159. The van der Waals surface area contributed by atoms with Crippen molar-refractivity contribution in [3.63, 3.8) is 0 Å². The molecule has 0 saturated carbocycles. The van der Waals surface area contributed by atoms with E-state index in [4.69, 9.17) is 5.11 Å². The van der Waals surface area contributed by atoms with Crippen molar-refractivity contribution >= 4 is 11.9 Å². The summed E-state index contributed by atoms with van der Waals surface area (Å²) in [7, 11) is 0. The Bertz CT molecular complexity index is 789. The highest BCUT2D eigenvalue weighted by atomic mass is 19.4. The van der Waals surface area contributed by atoms with Crippen molar-refractivity contribution in [1.82, 2.24) is 15.5 Å². The summed E-state index contributed by atoms with van der Waals surface area (Å²) in [5.74, 6) is -4.47. The molecule has 1 aromatic heterocycles. The van der Waals surface area contributed by atoms with Gasteiger partial charge in [0.05, 0.1) is 0 Å². The quantitative estimate of drug-likeness (QED) is 0.748. The summed E-state index contributed by atoms with van der Waals surface area (Å²) in [5, 5.41) is 13.9. The van der Waals surface area contributed by atoms with Gasteiger partial charge in [-0.15, -0.1) is 0 Å². The van der Waals surface area contributed by atoms with Gasteiger partial charge in [0.25, 0.3) is 5.91 Å². The summed E-state index contributed by atoms with van der Waals surface area (Å²) in [6.45, 7) is 0. The van der Waals surface area contributed by atoms with Crippen molar-refractivity contribution in [3.8, 4) is 11.4 Å². The molecule has 140 valence electrons. The zero-order valence-corrected chi connectivity index (χ0v) is 12.6. The Labute approximate surface area is 141 Å². The lowest BCUT2D eigenvalue weighted by Gasteiger charge is -2.14. The van der Waals surface area contributed by atoms with Crippen LogP contribution in [0.1, 0.15) is 22.7 Å². The minimum absolute atomic E-state index is 0.0891. The van der Waals surface area contributed by atoms with Crippen LogP contribution in [0.4, 0.5) is 22.0 Å². The summed E-state index contributed by atoms with van der Waals surface area (Å²) < 4.78 is 65.9. The van der Waals surface area contributed by atoms with E-state index in [1.807, 2.05) is 5.32 Å². The third-order valence-electron chi connectivity index (χ3n) is 3.09. The predicted octanol–water partition coefficient (Wildman–Crippen LogP) is 2.59. The maximum atomic E-state index is 12.4. The number of rotatable bonds is 6. The molecule has 1 aromatic carbocycles. The summed E-state index contributed by atoms with van der Waals surface area (Å²) in [6, 6.07) is 2.91. The molecule has 1 amide bonds. The van der Waals surface area contributed by atoms with Crippen LogP contribution in [0.15, 0.2) is 28.8 Å². The van der Waals surface area contributed by atoms with Crippen LogP contribution in [0.25, 0.3) is 11.4 Å². The van der Waals surface area contributed by atoms with E-state index < -0.39 is 42.8 Å². The lowest BCUT2D eigenvalue weighted by Crippen LogP contribution is -2.42. The molecule has 0 aliphatic carbocycles. The molecule has 1 atom stereocenters. The first kappa shape index (κ1) is 19.3. The molecule has 0 saturated heterocycles. The van der Waals surface area contributed by atoms with E-state index in [9.17, 15) is 31.5 Å². The SMILES string of the molecule is O=C(NC(CC(F)F)C(=O)O)c1ccc(-c2noc(C(F)(F)F)n2)cc1. The van der Waals surface area contributed by atoms with Crippen LogP contribution >= 0.6 is 0 Å². The van der Waals surface area contributed by atoms with E-state index in [1.54, 1.807) is 0 Å². The maximum Gasteiger partial charge on any atom is 0.471 e. The minimum Gasteiger partial charge on any atom is -0.480 e. The van der Waals surface area contributed by atoms with Gasteiger partial charge in [0.2, 0.25) is 12.2 Å². The van der Waals surface area contributed by atoms with Crippen LogP contribution in [0.3, 0.4) is 0 Å². The molecule has 2 N–H and O–H groups in total. The molecule has 1 heterocycles. The van der Waals surface area contributed by atoms with Crippen molar-refractivity contribution in [2.75, 3.05) is 0 Å². The molecule has 7 nitrogen and oxygen atoms in total. The fraction of sp³-hybridized carbons (Fsp3) is 0.286. The normalized spacial score (nSPS) is 12.8. The summed E-state index contributed by atoms with van der Waals surface area (Å²) in [6.07, 6.45) is -8.80. The van der Waals surface area contributed by atoms with Gasteiger partial charge in [-0.3, -0.25) is 4.79 Å². The smallest absolute Gasteiger partial charge is 0.471 e. The average molecular weight is 379 g/mol. The van der Waals surface area contributed by atoms with E-state index in [0.29, 0.717) is 0 Å². The molecule has 1 unspecified atom stereocenters. The number of aromatic nitrogens is 2. The second-order valence-corrected chi connectivity index (χ2v) is 4.99. The number of aliphatic carboxylic acids is 1. The largest absolute Gasteiger partial charge is 0.480 e. The van der Waals surface area contributed by atoms with Crippen LogP contribution in [0, 0.1) is 0 Å². The van der Waals surface area contributed by atoms with Crippen molar-refractivity contribution in [2.24, 2.45) is 0 Å². The Balaban J connectivity index is 2.12. The summed E-state index contributed by atoms with van der Waals surface area (Å²) in [4.78, 5) is 25.9. The van der Waals surface area contributed by atoms with Crippen LogP contribution in [-0.2, 0) is 11.0 Å². The van der Waals surface area contributed by atoms with Gasteiger partial charge in [0.15, 0.2) is 0 Å². The van der Waals surface area contributed by atoms with E-state index >= 15 is 0 Å². The molecule has 0 radical (unpaired) electrons. The van der Waals surface area contributed by atoms with Gasteiger partial charge in [0.1, 0.15) is 6.04 Å². The number of carboxylic acid groups (broad SMARTS) is 1. The number of amides is 1. The molecular formula is C14H10F5N3O4. The number of alkyl halides is 5. The molecule has 26 heavy (non-hydrogen) atoms. The van der Waals surface area contributed by atoms with Crippen molar-refractivity contribution in [3.05, 3.63) is 35.7 Å². The fourth-order valence-electron chi connectivity index (χ4n) is 1.87. The Hall–Kier alpha value is -3.05. The second kappa shape index (κ2) is 7.45. The minimum atomic E-state index is -4.80. The van der Waals surface area contributed by atoms with Crippen molar-refractivity contribution in [1.29, 1.82) is 0 Å². The highest BCUT2D eigenvalue weighted by Crippen LogP contribution is 2.29. The lowest BCUT2D eigenvalue weighted by atomic mass is 10.1. The first-order valence-corrected chi connectivity index (χ1v) is 6.91. The van der Waals surface area contributed by atoms with Gasteiger partial charge in [-0.25, -0.2) is 13.6 Å². The fourth-order valence-corrected chi connectivity index (χ4v) is 1.87. The zero-order chi connectivity index (χ0) is 19.5. The highest BCUT2D eigenvalue weighted by Gasteiger charge is 2.38. The number of hydrogen-bond acceptors (Lipinski definition) is 5. The van der Waals surface area contributed by atoms with Gasteiger partial charge < -0.3 is 14.9 Å². The van der Waals surface area contributed by atoms with Crippen LogP contribution in [-0.4, -0.2) is 39.6 Å². The highest BCUT2D eigenvalue weighted by molar-refractivity contribution is 5.96. The van der Waals surface area contributed by atoms with E-state index in [2.05, 4.69) is 14.7 Å². The number of nitrogens with zero attached hydrogens (tertiary/aromatic N) is 2. The number of carboxylic acids is 1. The molecule has 2 rings (SSSR count). The third-order valence-corrected chi connectivity index (χ3v) is 3.09. The van der Waals surface area contributed by atoms with Crippen LogP contribution in [0.5, 0.6) is 0 Å². The van der Waals surface area contributed by atoms with Crippen LogP contribution in [0.2, 0.25) is 0 Å². The van der Waals surface area contributed by atoms with Gasteiger partial charge in [-0.2, -0.15) is 18.2 Å². The second-order valence-electron chi connectivity index (χ2n) is 4.99. The van der Waals surface area contributed by atoms with Crippen LogP contribution < -0.4 is 5.32 Å². The average Bonchev–Trinajstić information content (AvgIpc) is 3.04. The Morgan fingerprint density at radius 1 is 1.19 bits per heavy atom. The standard InChI is InChI=1S/C14H10F5N3O4/c15-9(16)5-8(12(24)25)20-11(23)7-3-1-6(2-4-7)10-21-13(26-22-10)14(17,18)19/h1-4,8-9H,5H2,(H,20,23)(H,24,25). The monoisotopic (exact) mass is 379 g/mol. The molecule has 12 heteroatoms. The van der Waals surface area contributed by atoms with E-state index in [0.717, 1.165) is 12.1 Å². The molecule has 0 fully saturated rings. The first-order valence-electron chi connectivity index (χ1n) is 6.91. The van der Waals surface area contributed by atoms with Gasteiger partial charge >= 0.3 is 18.0 Å².